The largest absolute Gasteiger partial charge is 0.320 e. The molecule has 0 saturated heterocycles. The lowest BCUT2D eigenvalue weighted by Crippen LogP contribution is -2.22. The molecule has 0 unspecified atom stereocenters. The Morgan fingerprint density at radius 3 is 2.59 bits per heavy atom. The molecule has 3 aromatic carbocycles. The number of halogens is 2. The first kappa shape index (κ1) is 21.1. The van der Waals surface area contributed by atoms with Gasteiger partial charge in [-0.05, 0) is 48.0 Å². The number of amides is 2. The van der Waals surface area contributed by atoms with Crippen LogP contribution in [0.4, 0.5) is 10.1 Å². The Kier molecular flexibility index (Phi) is 6.14. The Morgan fingerprint density at radius 1 is 0.969 bits per heavy atom. The fourth-order valence-corrected chi connectivity index (χ4v) is 3.05. The van der Waals surface area contributed by atoms with Gasteiger partial charge in [-0.15, -0.1) is 0 Å². The van der Waals surface area contributed by atoms with Crippen molar-refractivity contribution in [1.82, 2.24) is 15.4 Å². The lowest BCUT2D eigenvalue weighted by Gasteiger charge is -2.10. The number of carbonyl (C=O) groups excluding carboxylic acids is 2. The third-order valence-electron chi connectivity index (χ3n) is 4.38. The van der Waals surface area contributed by atoms with Gasteiger partial charge in [-0.25, -0.2) is 14.8 Å². The minimum Gasteiger partial charge on any atom is -0.320 e. The van der Waals surface area contributed by atoms with Crippen LogP contribution < -0.4 is 10.7 Å². The van der Waals surface area contributed by atoms with Crippen molar-refractivity contribution in [2.45, 2.75) is 0 Å². The van der Waals surface area contributed by atoms with Crippen molar-refractivity contribution in [2.24, 2.45) is 5.10 Å². The molecule has 7 nitrogen and oxygen atoms in total. The van der Waals surface area contributed by atoms with Crippen LogP contribution in [0, 0.1) is 5.82 Å². The molecular weight excluding hydrogens is 433 g/mol. The van der Waals surface area contributed by atoms with Crippen LogP contribution in [0.5, 0.6) is 0 Å². The summed E-state index contributed by atoms with van der Waals surface area (Å²) in [6.45, 7) is 0. The van der Waals surface area contributed by atoms with Crippen molar-refractivity contribution in [3.05, 3.63) is 101 Å². The predicted molar refractivity (Wildman–Crippen MR) is 120 cm³/mol. The molecule has 4 rings (SSSR count). The molecule has 0 fully saturated rings. The zero-order chi connectivity index (χ0) is 22.5. The van der Waals surface area contributed by atoms with E-state index in [0.717, 1.165) is 0 Å². The van der Waals surface area contributed by atoms with Crippen LogP contribution in [0.3, 0.4) is 0 Å². The summed E-state index contributed by atoms with van der Waals surface area (Å²) in [6.07, 6.45) is 2.66. The molecule has 0 aliphatic carbocycles. The van der Waals surface area contributed by atoms with Crippen LogP contribution in [-0.4, -0.2) is 28.0 Å². The zero-order valence-corrected chi connectivity index (χ0v) is 17.2. The van der Waals surface area contributed by atoms with Crippen LogP contribution in [0.1, 0.15) is 26.4 Å². The van der Waals surface area contributed by atoms with E-state index in [1.165, 1.54) is 48.8 Å². The van der Waals surface area contributed by atoms with Crippen LogP contribution in [0.15, 0.2) is 78.0 Å². The van der Waals surface area contributed by atoms with Gasteiger partial charge in [-0.2, -0.15) is 5.10 Å². The highest BCUT2D eigenvalue weighted by Gasteiger charge is 2.16. The van der Waals surface area contributed by atoms with E-state index in [9.17, 15) is 14.0 Å². The quantitative estimate of drug-likeness (QED) is 0.349. The number of benzene rings is 3. The summed E-state index contributed by atoms with van der Waals surface area (Å²) in [6, 6.07) is 17.3. The summed E-state index contributed by atoms with van der Waals surface area (Å²) in [7, 11) is 0. The van der Waals surface area contributed by atoms with Gasteiger partial charge in [-0.3, -0.25) is 14.6 Å². The average molecular weight is 448 g/mol. The van der Waals surface area contributed by atoms with E-state index in [1.54, 1.807) is 24.3 Å². The number of carbonyl (C=O) groups is 2. The Balaban J connectivity index is 1.53. The fraction of sp³-hybridized carbons (Fsp3) is 0. The molecule has 9 heteroatoms. The molecule has 1 aromatic heterocycles. The Morgan fingerprint density at radius 2 is 1.78 bits per heavy atom. The Bertz CT molecular complexity index is 1360. The number of hydrazone groups is 1. The molecule has 158 valence electrons. The van der Waals surface area contributed by atoms with Crippen molar-refractivity contribution in [3.8, 4) is 0 Å². The van der Waals surface area contributed by atoms with Gasteiger partial charge in [-0.1, -0.05) is 35.9 Å². The standard InChI is InChI=1S/C23H15ClFN5O2/c24-15-8-9-18(29-23(32)21-13-26-19-6-1-2-7-20(19)28-21)17(11-15)22(31)30-27-12-14-4-3-5-16(25)10-14/h1-13H,(H,29,32)(H,30,31). The highest BCUT2D eigenvalue weighted by atomic mass is 35.5. The summed E-state index contributed by atoms with van der Waals surface area (Å²) >= 11 is 6.03. The normalized spacial score (nSPS) is 10.9. The number of hydrogen-bond acceptors (Lipinski definition) is 5. The van der Waals surface area contributed by atoms with E-state index >= 15 is 0 Å². The molecule has 0 spiro atoms. The summed E-state index contributed by atoms with van der Waals surface area (Å²) < 4.78 is 13.2. The lowest BCUT2D eigenvalue weighted by atomic mass is 10.1. The maximum absolute atomic E-state index is 13.2. The summed E-state index contributed by atoms with van der Waals surface area (Å²) in [5, 5.41) is 6.78. The van der Waals surface area contributed by atoms with E-state index < -0.39 is 17.6 Å². The third-order valence-corrected chi connectivity index (χ3v) is 4.62. The molecule has 2 amide bonds. The first-order valence-corrected chi connectivity index (χ1v) is 9.79. The predicted octanol–water partition coefficient (Wildman–Crippen LogP) is 4.44. The first-order chi connectivity index (χ1) is 15.5. The number of hydrogen-bond donors (Lipinski definition) is 2. The molecule has 4 aromatic rings. The zero-order valence-electron chi connectivity index (χ0n) is 16.4. The molecule has 32 heavy (non-hydrogen) atoms. The number of rotatable bonds is 5. The lowest BCUT2D eigenvalue weighted by molar-refractivity contribution is 0.0956. The highest BCUT2D eigenvalue weighted by molar-refractivity contribution is 6.31. The SMILES string of the molecule is O=C(Nc1ccc(Cl)cc1C(=O)NN=Cc1cccc(F)c1)c1cnc2ccccc2n1. The number of nitrogens with zero attached hydrogens (tertiary/aromatic N) is 3. The number of para-hydroxylation sites is 2. The monoisotopic (exact) mass is 447 g/mol. The van der Waals surface area contributed by atoms with Crippen molar-refractivity contribution < 1.29 is 14.0 Å². The topological polar surface area (TPSA) is 96.3 Å². The maximum atomic E-state index is 13.2. The van der Waals surface area contributed by atoms with E-state index in [1.807, 2.05) is 6.07 Å². The molecule has 0 atom stereocenters. The van der Waals surface area contributed by atoms with Crippen molar-refractivity contribution in [1.29, 1.82) is 0 Å². The van der Waals surface area contributed by atoms with Crippen LogP contribution >= 0.6 is 11.6 Å². The number of nitrogens with one attached hydrogen (secondary N) is 2. The molecule has 0 radical (unpaired) electrons. The van der Waals surface area contributed by atoms with Crippen LogP contribution in [0.25, 0.3) is 11.0 Å². The van der Waals surface area contributed by atoms with Gasteiger partial charge in [0.15, 0.2) is 0 Å². The van der Waals surface area contributed by atoms with Gasteiger partial charge in [0.1, 0.15) is 11.5 Å². The molecular formula is C23H15ClFN5O2. The van der Waals surface area contributed by atoms with E-state index in [0.29, 0.717) is 21.6 Å². The Labute approximate surface area is 187 Å². The molecule has 0 saturated carbocycles. The second-order valence-corrected chi connectivity index (χ2v) is 7.08. The number of anilines is 1. The van der Waals surface area contributed by atoms with Gasteiger partial charge in [0.2, 0.25) is 0 Å². The molecule has 2 N–H and O–H groups in total. The van der Waals surface area contributed by atoms with Crippen molar-refractivity contribution >= 4 is 46.4 Å². The number of aromatic nitrogens is 2. The summed E-state index contributed by atoms with van der Waals surface area (Å²) in [4.78, 5) is 33.9. The van der Waals surface area contributed by atoms with E-state index in [2.05, 4.69) is 25.8 Å². The molecule has 0 bridgehead atoms. The van der Waals surface area contributed by atoms with Crippen molar-refractivity contribution in [2.75, 3.05) is 5.32 Å². The van der Waals surface area contributed by atoms with Gasteiger partial charge < -0.3 is 5.32 Å². The smallest absolute Gasteiger partial charge is 0.275 e. The molecule has 0 aliphatic rings. The minimum absolute atomic E-state index is 0.0918. The van der Waals surface area contributed by atoms with E-state index in [-0.39, 0.29) is 16.9 Å². The summed E-state index contributed by atoms with van der Waals surface area (Å²) in [5.74, 6) is -1.57. The maximum Gasteiger partial charge on any atom is 0.275 e. The summed E-state index contributed by atoms with van der Waals surface area (Å²) in [5.41, 5.74) is 4.44. The van der Waals surface area contributed by atoms with E-state index in [4.69, 9.17) is 11.6 Å². The van der Waals surface area contributed by atoms with Crippen molar-refractivity contribution in [3.63, 3.8) is 0 Å². The second kappa shape index (κ2) is 9.32. The fourth-order valence-electron chi connectivity index (χ4n) is 2.88. The Hall–Kier alpha value is -4.17. The average Bonchev–Trinajstić information content (AvgIpc) is 2.80. The van der Waals surface area contributed by atoms with Crippen LogP contribution in [0.2, 0.25) is 5.02 Å². The first-order valence-electron chi connectivity index (χ1n) is 9.41. The minimum atomic E-state index is -0.611. The highest BCUT2D eigenvalue weighted by Crippen LogP contribution is 2.21. The molecule has 0 aliphatic heterocycles. The van der Waals surface area contributed by atoms with Gasteiger partial charge in [0, 0.05) is 5.02 Å². The third kappa shape index (κ3) is 4.93. The number of fused-ring (bicyclic) bond motifs is 1. The van der Waals surface area contributed by atoms with Gasteiger partial charge >= 0.3 is 0 Å². The van der Waals surface area contributed by atoms with Gasteiger partial charge in [0.25, 0.3) is 11.8 Å². The van der Waals surface area contributed by atoms with Gasteiger partial charge in [0.05, 0.1) is 34.7 Å². The molecule has 1 heterocycles. The second-order valence-electron chi connectivity index (χ2n) is 6.64. The van der Waals surface area contributed by atoms with Crippen LogP contribution in [-0.2, 0) is 0 Å².